The summed E-state index contributed by atoms with van der Waals surface area (Å²) in [4.78, 5) is 14.1. The Hall–Kier alpha value is -2.03. The first-order chi connectivity index (χ1) is 9.72. The van der Waals surface area contributed by atoms with Gasteiger partial charge in [0.1, 0.15) is 5.76 Å². The van der Waals surface area contributed by atoms with Crippen LogP contribution in [0.15, 0.2) is 45.6 Å². The van der Waals surface area contributed by atoms with Crippen LogP contribution in [0, 0.1) is 6.92 Å². The zero-order valence-corrected chi connectivity index (χ0v) is 11.8. The molecule has 1 fully saturated rings. The van der Waals surface area contributed by atoms with Crippen LogP contribution in [0.3, 0.4) is 0 Å². The van der Waals surface area contributed by atoms with Crippen LogP contribution in [-0.2, 0) is 0 Å². The van der Waals surface area contributed by atoms with Crippen molar-refractivity contribution < 1.29 is 4.42 Å². The van der Waals surface area contributed by atoms with Gasteiger partial charge >= 0.3 is 5.63 Å². The van der Waals surface area contributed by atoms with Gasteiger partial charge in [0, 0.05) is 36.5 Å². The Kier molecular flexibility index (Phi) is 3.59. The van der Waals surface area contributed by atoms with Crippen molar-refractivity contribution in [2.75, 3.05) is 18.0 Å². The van der Waals surface area contributed by atoms with Crippen LogP contribution in [0.4, 0.5) is 5.69 Å². The quantitative estimate of drug-likeness (QED) is 0.835. The SMILES string of the molecule is Cc1ccc(-c2cc(N3CCCCC3)cc(=O)o2)cc1. The van der Waals surface area contributed by atoms with Crippen LogP contribution >= 0.6 is 0 Å². The first-order valence-corrected chi connectivity index (χ1v) is 7.19. The van der Waals surface area contributed by atoms with E-state index in [1.807, 2.05) is 37.3 Å². The van der Waals surface area contributed by atoms with Gasteiger partial charge in [-0.1, -0.05) is 29.8 Å². The van der Waals surface area contributed by atoms with Crippen molar-refractivity contribution in [3.05, 3.63) is 52.4 Å². The Morgan fingerprint density at radius 2 is 1.70 bits per heavy atom. The van der Waals surface area contributed by atoms with Gasteiger partial charge in [-0.25, -0.2) is 4.79 Å². The molecule has 3 heteroatoms. The van der Waals surface area contributed by atoms with Crippen molar-refractivity contribution >= 4 is 5.69 Å². The summed E-state index contributed by atoms with van der Waals surface area (Å²) in [6.07, 6.45) is 3.67. The zero-order chi connectivity index (χ0) is 13.9. The van der Waals surface area contributed by atoms with Crippen LogP contribution in [0.5, 0.6) is 0 Å². The Labute approximate surface area is 118 Å². The summed E-state index contributed by atoms with van der Waals surface area (Å²) < 4.78 is 5.35. The maximum absolute atomic E-state index is 11.8. The third-order valence-electron chi connectivity index (χ3n) is 3.81. The second-order valence-electron chi connectivity index (χ2n) is 5.41. The average molecular weight is 269 g/mol. The number of anilines is 1. The van der Waals surface area contributed by atoms with Crippen LogP contribution in [0.1, 0.15) is 24.8 Å². The lowest BCUT2D eigenvalue weighted by atomic mass is 10.1. The number of hydrogen-bond donors (Lipinski definition) is 0. The van der Waals surface area contributed by atoms with E-state index in [0.717, 1.165) is 24.3 Å². The molecule has 0 spiro atoms. The highest BCUT2D eigenvalue weighted by Gasteiger charge is 2.13. The van der Waals surface area contributed by atoms with E-state index in [4.69, 9.17) is 4.42 Å². The van der Waals surface area contributed by atoms with Crippen molar-refractivity contribution in [2.24, 2.45) is 0 Å². The molecule has 2 aromatic rings. The second-order valence-corrected chi connectivity index (χ2v) is 5.41. The summed E-state index contributed by atoms with van der Waals surface area (Å²) in [7, 11) is 0. The molecule has 3 rings (SSSR count). The van der Waals surface area contributed by atoms with E-state index in [9.17, 15) is 4.79 Å². The van der Waals surface area contributed by atoms with Crippen LogP contribution in [-0.4, -0.2) is 13.1 Å². The Balaban J connectivity index is 1.97. The highest BCUT2D eigenvalue weighted by atomic mass is 16.4. The number of rotatable bonds is 2. The Morgan fingerprint density at radius 3 is 2.40 bits per heavy atom. The molecular formula is C17H19NO2. The normalized spacial score (nSPS) is 15.3. The van der Waals surface area contributed by atoms with Crippen LogP contribution in [0.25, 0.3) is 11.3 Å². The molecule has 2 heterocycles. The summed E-state index contributed by atoms with van der Waals surface area (Å²) in [5, 5.41) is 0. The van der Waals surface area contributed by atoms with E-state index >= 15 is 0 Å². The molecule has 0 N–H and O–H groups in total. The fourth-order valence-corrected chi connectivity index (χ4v) is 2.66. The Bertz CT molecular complexity index is 637. The minimum Gasteiger partial charge on any atom is -0.423 e. The molecule has 1 aliphatic heterocycles. The fourth-order valence-electron chi connectivity index (χ4n) is 2.66. The average Bonchev–Trinajstić information content (AvgIpc) is 2.48. The maximum atomic E-state index is 11.8. The van der Waals surface area contributed by atoms with Crippen LogP contribution in [0.2, 0.25) is 0 Å². The number of hydrogen-bond acceptors (Lipinski definition) is 3. The van der Waals surface area contributed by atoms with E-state index in [-0.39, 0.29) is 5.63 Å². The van der Waals surface area contributed by atoms with Gasteiger partial charge in [-0.05, 0) is 26.2 Å². The molecular weight excluding hydrogens is 250 g/mol. The topological polar surface area (TPSA) is 33.5 Å². The van der Waals surface area contributed by atoms with Gasteiger partial charge in [0.2, 0.25) is 0 Å². The van der Waals surface area contributed by atoms with Crippen molar-refractivity contribution in [2.45, 2.75) is 26.2 Å². The van der Waals surface area contributed by atoms with Gasteiger partial charge in [-0.15, -0.1) is 0 Å². The lowest BCUT2D eigenvalue weighted by Gasteiger charge is -2.28. The number of aryl methyl sites for hydroxylation is 1. The van der Waals surface area contributed by atoms with Gasteiger partial charge < -0.3 is 9.32 Å². The van der Waals surface area contributed by atoms with Gasteiger partial charge in [0.05, 0.1) is 0 Å². The van der Waals surface area contributed by atoms with Gasteiger partial charge in [-0.2, -0.15) is 0 Å². The number of piperidine rings is 1. The number of benzene rings is 1. The molecule has 0 aliphatic carbocycles. The largest absolute Gasteiger partial charge is 0.423 e. The fraction of sp³-hybridized carbons (Fsp3) is 0.353. The maximum Gasteiger partial charge on any atom is 0.338 e. The molecule has 0 amide bonds. The van der Waals surface area contributed by atoms with E-state index in [2.05, 4.69) is 4.90 Å². The third-order valence-corrected chi connectivity index (χ3v) is 3.81. The monoisotopic (exact) mass is 269 g/mol. The molecule has 0 unspecified atom stereocenters. The van der Waals surface area contributed by atoms with Gasteiger partial charge in [0.25, 0.3) is 0 Å². The van der Waals surface area contributed by atoms with Crippen molar-refractivity contribution in [1.82, 2.24) is 0 Å². The van der Waals surface area contributed by atoms with E-state index in [0.29, 0.717) is 5.76 Å². The first-order valence-electron chi connectivity index (χ1n) is 7.19. The number of nitrogens with zero attached hydrogens (tertiary/aromatic N) is 1. The molecule has 20 heavy (non-hydrogen) atoms. The standard InChI is InChI=1S/C17H19NO2/c1-13-5-7-14(8-6-13)16-11-15(12-17(19)20-16)18-9-3-2-4-10-18/h5-8,11-12H,2-4,9-10H2,1H3. The molecule has 0 radical (unpaired) electrons. The third kappa shape index (κ3) is 2.77. The summed E-state index contributed by atoms with van der Waals surface area (Å²) >= 11 is 0. The molecule has 0 saturated carbocycles. The molecule has 0 atom stereocenters. The second kappa shape index (κ2) is 5.53. The lowest BCUT2D eigenvalue weighted by molar-refractivity contribution is 0.521. The minimum atomic E-state index is -0.274. The van der Waals surface area contributed by atoms with Crippen LogP contribution < -0.4 is 10.5 Å². The predicted octanol–water partition coefficient (Wildman–Crippen LogP) is 3.61. The van der Waals surface area contributed by atoms with Gasteiger partial charge in [-0.3, -0.25) is 0 Å². The molecule has 104 valence electrons. The molecule has 1 saturated heterocycles. The van der Waals surface area contributed by atoms with Crippen molar-refractivity contribution in [3.63, 3.8) is 0 Å². The molecule has 0 bridgehead atoms. The van der Waals surface area contributed by atoms with E-state index < -0.39 is 0 Å². The predicted molar refractivity (Wildman–Crippen MR) is 81.2 cm³/mol. The minimum absolute atomic E-state index is 0.274. The summed E-state index contributed by atoms with van der Waals surface area (Å²) in [6.45, 7) is 4.09. The van der Waals surface area contributed by atoms with E-state index in [1.165, 1.54) is 24.8 Å². The highest BCUT2D eigenvalue weighted by molar-refractivity contribution is 5.63. The molecule has 1 aromatic carbocycles. The smallest absolute Gasteiger partial charge is 0.338 e. The summed E-state index contributed by atoms with van der Waals surface area (Å²) in [5.74, 6) is 0.651. The zero-order valence-electron chi connectivity index (χ0n) is 11.8. The lowest BCUT2D eigenvalue weighted by Crippen LogP contribution is -2.30. The van der Waals surface area contributed by atoms with Crippen molar-refractivity contribution in [1.29, 1.82) is 0 Å². The summed E-state index contributed by atoms with van der Waals surface area (Å²) in [5.41, 5.74) is 2.86. The Morgan fingerprint density at radius 1 is 1.00 bits per heavy atom. The highest BCUT2D eigenvalue weighted by Crippen LogP contribution is 2.25. The molecule has 1 aliphatic rings. The molecule has 3 nitrogen and oxygen atoms in total. The first kappa shape index (κ1) is 13.0. The van der Waals surface area contributed by atoms with Crippen molar-refractivity contribution in [3.8, 4) is 11.3 Å². The van der Waals surface area contributed by atoms with Gasteiger partial charge in [0.15, 0.2) is 0 Å². The van der Waals surface area contributed by atoms with E-state index in [1.54, 1.807) is 6.07 Å². The molecule has 1 aromatic heterocycles. The summed E-state index contributed by atoms with van der Waals surface area (Å²) in [6, 6.07) is 11.6.